The third kappa shape index (κ3) is 9.23. The Bertz CT molecular complexity index is 1050. The van der Waals surface area contributed by atoms with Crippen molar-refractivity contribution in [1.82, 2.24) is 10.1 Å². The fourth-order valence-electron chi connectivity index (χ4n) is 6.92. The molecule has 2 fully saturated rings. The number of hydrogen-bond acceptors (Lipinski definition) is 10. The Kier molecular flexibility index (Phi) is 10.4. The Labute approximate surface area is 263 Å². The van der Waals surface area contributed by atoms with Gasteiger partial charge >= 0.3 is 11.9 Å². The third-order valence-corrected chi connectivity index (χ3v) is 8.12. The van der Waals surface area contributed by atoms with Gasteiger partial charge in [0.15, 0.2) is 0 Å². The molecule has 0 aliphatic carbocycles. The van der Waals surface area contributed by atoms with Gasteiger partial charge in [0.1, 0.15) is 12.2 Å². The number of ether oxygens (including phenoxy) is 2. The van der Waals surface area contributed by atoms with Gasteiger partial charge in [0.05, 0.1) is 35.5 Å². The van der Waals surface area contributed by atoms with E-state index in [1.54, 1.807) is 52.0 Å². The molecule has 0 saturated carbocycles. The molecule has 1 aromatic rings. The average molecular weight is 621 g/mol. The number of piperidine rings is 2. The molecular weight excluding hydrogens is 564 g/mol. The first-order chi connectivity index (χ1) is 19.8. The summed E-state index contributed by atoms with van der Waals surface area (Å²) in [6.07, 6.45) is 1.23. The van der Waals surface area contributed by atoms with E-state index in [0.29, 0.717) is 25.7 Å². The second kappa shape index (κ2) is 12.6. The van der Waals surface area contributed by atoms with Crippen molar-refractivity contribution in [1.29, 1.82) is 0 Å². The molecule has 250 valence electrons. The molecule has 2 saturated heterocycles. The fraction of sp³-hybridized carbons (Fsp3) is 0.765. The highest BCUT2D eigenvalue weighted by Crippen LogP contribution is 2.42. The summed E-state index contributed by atoms with van der Waals surface area (Å²) in [6, 6.07) is 6.60. The van der Waals surface area contributed by atoms with E-state index < -0.39 is 57.5 Å². The third-order valence-electron chi connectivity index (χ3n) is 8.12. The van der Waals surface area contributed by atoms with Gasteiger partial charge in [0, 0.05) is 47.8 Å². The maximum absolute atomic E-state index is 13.5. The van der Waals surface area contributed by atoms with Crippen LogP contribution >= 0.6 is 0 Å². The van der Waals surface area contributed by atoms with Crippen molar-refractivity contribution in [2.75, 3.05) is 13.2 Å². The maximum atomic E-state index is 13.5. The molecule has 2 aliphatic heterocycles. The number of hydroxylamine groups is 4. The summed E-state index contributed by atoms with van der Waals surface area (Å²) in [6.45, 7) is 23.2. The normalized spacial score (nSPS) is 22.9. The zero-order valence-corrected chi connectivity index (χ0v) is 28.9. The van der Waals surface area contributed by atoms with Gasteiger partial charge in [-0.2, -0.15) is 10.1 Å². The number of carbonyl (C=O) groups is 2. The van der Waals surface area contributed by atoms with Gasteiger partial charge in [-0.05, 0) is 95.2 Å². The predicted molar refractivity (Wildman–Crippen MR) is 168 cm³/mol. The molecule has 2 aliphatic rings. The summed E-state index contributed by atoms with van der Waals surface area (Å²) >= 11 is 0. The number of carbonyl (C=O) groups excluding carboxylic acids is 2. The van der Waals surface area contributed by atoms with Crippen LogP contribution in [0.15, 0.2) is 24.3 Å². The van der Waals surface area contributed by atoms with Crippen molar-refractivity contribution >= 4 is 11.9 Å². The zero-order chi connectivity index (χ0) is 33.5. The second-order valence-electron chi connectivity index (χ2n) is 16.4. The Hall–Kier alpha value is -2.08. The van der Waals surface area contributed by atoms with Crippen molar-refractivity contribution in [2.45, 2.75) is 154 Å². The molecule has 0 aromatic heterocycles. The van der Waals surface area contributed by atoms with Crippen LogP contribution < -0.4 is 0 Å². The van der Waals surface area contributed by atoms with E-state index in [1.807, 2.05) is 65.5 Å². The molecule has 0 unspecified atom stereocenters. The van der Waals surface area contributed by atoms with Crippen LogP contribution in [0, 0.1) is 0 Å². The molecule has 0 radical (unpaired) electrons. The molecule has 0 atom stereocenters. The van der Waals surface area contributed by atoms with E-state index >= 15 is 0 Å². The SMILES string of the molecule is CC(C)(O)CON1C(C)(C)CC(OC(=O)c2ccccc2C(=O)OC2CC(C)(C)N(OCC(C)(C)O)C(C)(C)C2)CC1(C)C. The number of esters is 2. The minimum absolute atomic E-state index is 0.140. The minimum atomic E-state index is -0.985. The van der Waals surface area contributed by atoms with E-state index in [1.165, 1.54) is 0 Å². The quantitative estimate of drug-likeness (QED) is 0.327. The highest BCUT2D eigenvalue weighted by Gasteiger charge is 2.50. The van der Waals surface area contributed by atoms with E-state index in [4.69, 9.17) is 19.1 Å². The molecule has 2 N–H and O–H groups in total. The highest BCUT2D eigenvalue weighted by atomic mass is 16.7. The van der Waals surface area contributed by atoms with Crippen LogP contribution in [0.25, 0.3) is 0 Å². The van der Waals surface area contributed by atoms with Gasteiger partial charge in [-0.1, -0.05) is 12.1 Å². The minimum Gasteiger partial charge on any atom is -0.459 e. The molecule has 10 nitrogen and oxygen atoms in total. The molecule has 1 aromatic carbocycles. The second-order valence-corrected chi connectivity index (χ2v) is 16.4. The molecule has 44 heavy (non-hydrogen) atoms. The summed E-state index contributed by atoms with van der Waals surface area (Å²) in [4.78, 5) is 39.2. The Balaban J connectivity index is 1.72. The van der Waals surface area contributed by atoms with Crippen LogP contribution in [0.5, 0.6) is 0 Å². The zero-order valence-electron chi connectivity index (χ0n) is 28.9. The Morgan fingerprint density at radius 3 is 1.18 bits per heavy atom. The summed E-state index contributed by atoms with van der Waals surface area (Å²) in [7, 11) is 0. The first-order valence-electron chi connectivity index (χ1n) is 15.7. The molecule has 10 heteroatoms. The van der Waals surface area contributed by atoms with Gasteiger partial charge in [-0.25, -0.2) is 9.59 Å². The molecule has 2 heterocycles. The van der Waals surface area contributed by atoms with E-state index in [0.717, 1.165) is 0 Å². The van der Waals surface area contributed by atoms with Gasteiger partial charge in [-0.15, -0.1) is 0 Å². The average Bonchev–Trinajstić information content (AvgIpc) is 2.79. The van der Waals surface area contributed by atoms with Gasteiger partial charge in [0.2, 0.25) is 0 Å². The van der Waals surface area contributed by atoms with Crippen molar-refractivity contribution in [3.63, 3.8) is 0 Å². The lowest BCUT2D eigenvalue weighted by Gasteiger charge is -2.53. The van der Waals surface area contributed by atoms with E-state index in [9.17, 15) is 19.8 Å². The van der Waals surface area contributed by atoms with E-state index in [2.05, 4.69) is 0 Å². The predicted octanol–water partition coefficient (Wildman–Crippen LogP) is 5.45. The topological polar surface area (TPSA) is 118 Å². The van der Waals surface area contributed by atoms with Crippen LogP contribution in [-0.4, -0.2) is 91.1 Å². The lowest BCUT2D eigenvalue weighted by atomic mass is 9.80. The lowest BCUT2D eigenvalue weighted by Crippen LogP contribution is -2.62. The number of nitrogens with zero attached hydrogens (tertiary/aromatic N) is 2. The van der Waals surface area contributed by atoms with Crippen LogP contribution in [-0.2, 0) is 19.1 Å². The summed E-state index contributed by atoms with van der Waals surface area (Å²) in [5.74, 6) is -1.15. The first kappa shape index (κ1) is 36.4. The molecule has 0 spiro atoms. The summed E-state index contributed by atoms with van der Waals surface area (Å²) in [5.41, 5.74) is -3.58. The fourth-order valence-corrected chi connectivity index (χ4v) is 6.92. The standard InChI is InChI=1S/C34H56N2O8/c1-29(2)17-23(18-30(3,4)35(29)41-21-33(9,10)39)43-27(37)25-15-13-14-16-26(25)28(38)44-24-19-31(5,6)36(32(7,8)20-24)42-22-34(11,12)40/h13-16,23-24,39-40H,17-22H2,1-12H3. The highest BCUT2D eigenvalue weighted by molar-refractivity contribution is 6.03. The molecule has 0 amide bonds. The van der Waals surface area contributed by atoms with Crippen molar-refractivity contribution in [3.8, 4) is 0 Å². The lowest BCUT2D eigenvalue weighted by molar-refractivity contribution is -0.306. The van der Waals surface area contributed by atoms with Crippen LogP contribution in [0.4, 0.5) is 0 Å². The van der Waals surface area contributed by atoms with Gasteiger partial charge in [0.25, 0.3) is 0 Å². The number of rotatable bonds is 10. The van der Waals surface area contributed by atoms with Gasteiger partial charge in [-0.3, -0.25) is 9.68 Å². The Morgan fingerprint density at radius 1 is 0.659 bits per heavy atom. The number of hydrogen-bond donors (Lipinski definition) is 2. The van der Waals surface area contributed by atoms with E-state index in [-0.39, 0.29) is 24.3 Å². The largest absolute Gasteiger partial charge is 0.459 e. The van der Waals surface area contributed by atoms with Crippen LogP contribution in [0.1, 0.15) is 129 Å². The molecular formula is C34H56N2O8. The number of aliphatic hydroxyl groups is 2. The summed E-state index contributed by atoms with van der Waals surface area (Å²) in [5, 5.41) is 24.2. The Morgan fingerprint density at radius 2 is 0.932 bits per heavy atom. The summed E-state index contributed by atoms with van der Waals surface area (Å²) < 4.78 is 12.1. The number of benzene rings is 1. The van der Waals surface area contributed by atoms with Crippen LogP contribution in [0.3, 0.4) is 0 Å². The van der Waals surface area contributed by atoms with Crippen molar-refractivity contribution < 1.29 is 39.0 Å². The molecule has 3 rings (SSSR count). The monoisotopic (exact) mass is 620 g/mol. The first-order valence-corrected chi connectivity index (χ1v) is 15.7. The van der Waals surface area contributed by atoms with Crippen molar-refractivity contribution in [2.24, 2.45) is 0 Å². The van der Waals surface area contributed by atoms with Crippen LogP contribution in [0.2, 0.25) is 0 Å². The maximum Gasteiger partial charge on any atom is 0.339 e. The van der Waals surface area contributed by atoms with Crippen molar-refractivity contribution in [3.05, 3.63) is 35.4 Å². The smallest absolute Gasteiger partial charge is 0.339 e. The van der Waals surface area contributed by atoms with Gasteiger partial charge < -0.3 is 19.7 Å². The molecule has 0 bridgehead atoms.